The standard InChI is InChI=1S/C56H58N4O12/c1-13-43(61)69-29-55(11,30-70-44(62)14-2)57-53(67)59(49-35(7)25-33(5)26-36(49)8)41-21-17-39(18-22-41)47-51(65)48(52(47)66)40-19-23-42(24-20-40)60(50-37(9)27-34(6)28-38(50)10)54(68)58-56(12,31-71-45(63)15-3)32-72-46(64)16-4/h13-28H,1-4,29-32H2,5-12H3,(H2-,57,58,65,66,67,68)/p+1. The van der Waals surface area contributed by atoms with Gasteiger partial charge in [-0.05, 0) is 125 Å². The van der Waals surface area contributed by atoms with Crippen LogP contribution in [0.2, 0.25) is 0 Å². The van der Waals surface area contributed by atoms with Gasteiger partial charge in [0.1, 0.15) is 49.1 Å². The van der Waals surface area contributed by atoms with Crippen molar-refractivity contribution in [2.45, 2.75) is 66.5 Å². The van der Waals surface area contributed by atoms with Crippen LogP contribution < -0.4 is 15.5 Å². The molecule has 0 saturated heterocycles. The summed E-state index contributed by atoms with van der Waals surface area (Å²) in [6.07, 6.45) is 10.3. The van der Waals surface area contributed by atoms with Crippen molar-refractivity contribution in [3.05, 3.63) is 179 Å². The fraction of sp³-hybridized carbons (Fsp3) is 0.250. The summed E-state index contributed by atoms with van der Waals surface area (Å²) in [5, 5.41) is 17.3. The maximum atomic E-state index is 14.5. The first kappa shape index (κ1) is 54.3. The van der Waals surface area contributed by atoms with Gasteiger partial charge in [0, 0.05) is 24.3 Å². The molecule has 0 heterocycles. The summed E-state index contributed by atoms with van der Waals surface area (Å²) in [5.41, 5.74) is 4.76. The number of esters is 4. The third kappa shape index (κ3) is 12.6. The van der Waals surface area contributed by atoms with Crippen LogP contribution in [0, 0.1) is 41.5 Å². The maximum absolute atomic E-state index is 14.5. The molecule has 0 fully saturated rings. The lowest BCUT2D eigenvalue weighted by Gasteiger charge is -2.34. The second kappa shape index (κ2) is 22.8. The van der Waals surface area contributed by atoms with E-state index in [1.54, 1.807) is 62.4 Å². The number of amides is 4. The van der Waals surface area contributed by atoms with Crippen molar-refractivity contribution in [1.82, 2.24) is 10.6 Å². The molecule has 3 aromatic rings. The number of Topliss-reactive ketones (excluding diaryl/α,β-unsaturated/α-hetero) is 1. The van der Waals surface area contributed by atoms with Gasteiger partial charge in [-0.3, -0.25) is 9.69 Å². The van der Waals surface area contributed by atoms with E-state index in [4.69, 9.17) is 18.9 Å². The molecule has 0 atom stereocenters. The smallest absolute Gasteiger partial charge is 0.497 e. The van der Waals surface area contributed by atoms with E-state index < -0.39 is 52.8 Å². The van der Waals surface area contributed by atoms with Crippen molar-refractivity contribution < 1.29 is 62.2 Å². The number of rotatable bonds is 18. The minimum Gasteiger partial charge on any atom is -0.506 e. The van der Waals surface area contributed by atoms with Crippen LogP contribution >= 0.6 is 0 Å². The van der Waals surface area contributed by atoms with Crippen LogP contribution in [-0.2, 0) is 42.9 Å². The number of ketones is 1. The van der Waals surface area contributed by atoms with Crippen molar-refractivity contribution in [1.29, 1.82) is 0 Å². The Morgan fingerprint density at radius 2 is 1.01 bits per heavy atom. The summed E-state index contributed by atoms with van der Waals surface area (Å²) in [6, 6.07) is 12.8. The van der Waals surface area contributed by atoms with Crippen LogP contribution in [-0.4, -0.2) is 94.6 Å². The number of nitrogens with one attached hydrogen (secondary N) is 2. The van der Waals surface area contributed by atoms with Gasteiger partial charge in [-0.1, -0.05) is 73.8 Å². The lowest BCUT2D eigenvalue weighted by atomic mass is 9.80. The number of aliphatic hydroxyl groups excluding tert-OH is 1. The van der Waals surface area contributed by atoms with Gasteiger partial charge in [-0.25, -0.2) is 29.3 Å². The number of carbonyl (C=O) groups excluding carboxylic acids is 7. The van der Waals surface area contributed by atoms with E-state index in [0.717, 1.165) is 57.7 Å². The summed E-state index contributed by atoms with van der Waals surface area (Å²) in [4.78, 5) is 92.7. The Balaban J connectivity index is 1.52. The zero-order valence-electron chi connectivity index (χ0n) is 41.7. The quantitative estimate of drug-likeness (QED) is 0.0474. The number of ether oxygens (including phenoxy) is 4. The highest BCUT2D eigenvalue weighted by molar-refractivity contribution is 6.39. The molecule has 16 nitrogen and oxygen atoms in total. The number of nitrogens with zero attached hydrogens (tertiary/aromatic N) is 2. The lowest BCUT2D eigenvalue weighted by Crippen LogP contribution is -2.56. The van der Waals surface area contributed by atoms with E-state index in [1.165, 1.54) is 9.48 Å². The molecule has 2 aliphatic rings. The van der Waals surface area contributed by atoms with E-state index >= 15 is 0 Å². The van der Waals surface area contributed by atoms with E-state index in [-0.39, 0.29) is 43.3 Å². The van der Waals surface area contributed by atoms with Crippen LogP contribution in [0.15, 0.2) is 140 Å². The third-order valence-corrected chi connectivity index (χ3v) is 11.5. The molecule has 0 aliphatic heterocycles. The van der Waals surface area contributed by atoms with Crippen LogP contribution in [0.5, 0.6) is 0 Å². The lowest BCUT2D eigenvalue weighted by molar-refractivity contribution is -0.335. The number of aliphatic hydroxyl groups is 1. The normalized spacial score (nSPS) is 13.1. The largest absolute Gasteiger partial charge is 0.506 e. The molecular formula is C56H59N4O12+. The fourth-order valence-electron chi connectivity index (χ4n) is 8.25. The van der Waals surface area contributed by atoms with Gasteiger partial charge in [0.2, 0.25) is 5.78 Å². The Morgan fingerprint density at radius 1 is 0.611 bits per heavy atom. The van der Waals surface area contributed by atoms with Gasteiger partial charge in [0.25, 0.3) is 0 Å². The molecule has 0 aromatic heterocycles. The van der Waals surface area contributed by atoms with E-state index in [0.29, 0.717) is 33.9 Å². The molecule has 374 valence electrons. The second-order valence-electron chi connectivity index (χ2n) is 17.9. The first-order valence-corrected chi connectivity index (χ1v) is 22.6. The van der Waals surface area contributed by atoms with Crippen LogP contribution in [0.1, 0.15) is 52.8 Å². The monoisotopic (exact) mass is 979 g/mol. The van der Waals surface area contributed by atoms with Crippen molar-refractivity contribution in [2.24, 2.45) is 0 Å². The number of urea groups is 2. The summed E-state index contributed by atoms with van der Waals surface area (Å²) in [5.74, 6) is -3.73. The summed E-state index contributed by atoms with van der Waals surface area (Å²) in [6.45, 7) is 26.5. The molecule has 0 saturated carbocycles. The van der Waals surface area contributed by atoms with Gasteiger partial charge in [-0.15, -0.1) is 0 Å². The average Bonchev–Trinajstić information content (AvgIpc) is 3.33. The van der Waals surface area contributed by atoms with E-state index in [9.17, 15) is 38.7 Å². The van der Waals surface area contributed by atoms with Gasteiger partial charge < -0.3 is 29.4 Å². The first-order valence-electron chi connectivity index (χ1n) is 22.6. The molecule has 3 aromatic carbocycles. The number of hydrogen-bond donors (Lipinski definition) is 3. The molecular weight excluding hydrogens is 921 g/mol. The highest BCUT2D eigenvalue weighted by Crippen LogP contribution is 2.41. The Bertz CT molecular complexity index is 2850. The first-order chi connectivity index (χ1) is 34.0. The molecule has 0 spiro atoms. The number of benzene rings is 3. The molecule has 0 unspecified atom stereocenters. The van der Waals surface area contributed by atoms with Crippen molar-refractivity contribution in [2.75, 3.05) is 31.3 Å². The number of aryl methyl sites for hydroxylation is 6. The van der Waals surface area contributed by atoms with Gasteiger partial charge in [-0.2, -0.15) is 9.37 Å². The minimum absolute atomic E-state index is 0.0421. The minimum atomic E-state index is -1.42. The highest BCUT2D eigenvalue weighted by atomic mass is 16.6. The molecule has 2 aliphatic carbocycles. The van der Waals surface area contributed by atoms with Crippen molar-refractivity contribution >= 4 is 70.1 Å². The number of anilines is 2. The topological polar surface area (TPSA) is 207 Å². The molecule has 5 rings (SSSR count). The van der Waals surface area contributed by atoms with Crippen LogP contribution in [0.25, 0.3) is 5.57 Å². The molecule has 0 radical (unpaired) electrons. The Kier molecular flexibility index (Phi) is 17.2. The zero-order chi connectivity index (χ0) is 53.2. The van der Waals surface area contributed by atoms with Gasteiger partial charge in [0.05, 0.1) is 22.5 Å². The van der Waals surface area contributed by atoms with Gasteiger partial charge >= 0.3 is 35.9 Å². The van der Waals surface area contributed by atoms with E-state index in [1.807, 2.05) is 65.8 Å². The highest BCUT2D eigenvalue weighted by Gasteiger charge is 2.41. The molecule has 72 heavy (non-hydrogen) atoms. The van der Waals surface area contributed by atoms with Crippen molar-refractivity contribution in [3.63, 3.8) is 0 Å². The number of hydrogen-bond acceptors (Lipinski definition) is 12. The zero-order valence-corrected chi connectivity index (χ0v) is 41.7. The Hall–Kier alpha value is -8.66. The summed E-state index contributed by atoms with van der Waals surface area (Å²) >= 11 is 0. The predicted molar refractivity (Wildman–Crippen MR) is 273 cm³/mol. The third-order valence-electron chi connectivity index (χ3n) is 11.5. The Morgan fingerprint density at radius 3 is 1.42 bits per heavy atom. The van der Waals surface area contributed by atoms with Gasteiger partial charge in [0.15, 0.2) is 5.54 Å². The average molecular weight is 980 g/mol. The fourth-order valence-corrected chi connectivity index (χ4v) is 8.25. The summed E-state index contributed by atoms with van der Waals surface area (Å²) in [7, 11) is 0. The van der Waals surface area contributed by atoms with Crippen LogP contribution in [0.4, 0.5) is 26.7 Å². The second-order valence-corrected chi connectivity index (χ2v) is 17.9. The molecule has 4 amide bonds. The van der Waals surface area contributed by atoms with Crippen molar-refractivity contribution in [3.8, 4) is 0 Å². The van der Waals surface area contributed by atoms with Crippen LogP contribution in [0.3, 0.4) is 0 Å². The predicted octanol–water partition coefficient (Wildman–Crippen LogP) is 8.59. The number of allylic oxidation sites excluding steroid dienone is 7. The molecule has 0 bridgehead atoms. The molecule has 16 heteroatoms. The number of carbonyl (C=O) groups is 7. The SMILES string of the molecule is C=CC(=O)OCC(C)(COC(=O)C=C)NC(=O)N(c1ccc(C2=C(O)C(=C3C=CC(=[N+](C(=O)NC(C)(COC(=O)C=C)COC(=O)C=C)c4c(C)cc(C)cc4C)C=C3)C2=O)cc1)c1c(C)cc(C)cc1C. The van der Waals surface area contributed by atoms with E-state index in [2.05, 4.69) is 36.9 Å². The summed E-state index contributed by atoms with van der Waals surface area (Å²) < 4.78 is 22.6. The Labute approximate surface area is 418 Å². The maximum Gasteiger partial charge on any atom is 0.497 e. The molecule has 3 N–H and O–H groups in total.